The molecule has 1 unspecified atom stereocenters. The van der Waals surface area contributed by atoms with Gasteiger partial charge in [0, 0.05) is 12.1 Å². The molecule has 5 heteroatoms. The van der Waals surface area contributed by atoms with Crippen molar-refractivity contribution in [3.63, 3.8) is 0 Å². The maximum atomic E-state index is 11.8. The summed E-state index contributed by atoms with van der Waals surface area (Å²) >= 11 is 0. The molecule has 0 aromatic heterocycles. The smallest absolute Gasteiger partial charge is 0.308 e. The fourth-order valence-electron chi connectivity index (χ4n) is 1.64. The van der Waals surface area contributed by atoms with Crippen molar-refractivity contribution < 1.29 is 19.4 Å². The highest BCUT2D eigenvalue weighted by atomic mass is 16.5. The number of ether oxygens (including phenoxy) is 1. The highest BCUT2D eigenvalue weighted by Crippen LogP contribution is 2.29. The quantitative estimate of drug-likeness (QED) is 0.798. The number of carbonyl (C=O) groups excluding carboxylic acids is 1. The molecule has 0 aliphatic heterocycles. The van der Waals surface area contributed by atoms with E-state index in [1.165, 1.54) is 12.8 Å². The Labute approximate surface area is 117 Å². The van der Waals surface area contributed by atoms with Gasteiger partial charge in [-0.1, -0.05) is 6.92 Å². The van der Waals surface area contributed by atoms with E-state index in [0.29, 0.717) is 11.5 Å². The fraction of sp³-hybridized carbons (Fsp3) is 0.467. The molecule has 0 bridgehead atoms. The Morgan fingerprint density at radius 1 is 1.35 bits per heavy atom. The van der Waals surface area contributed by atoms with Crippen LogP contribution in [-0.4, -0.2) is 30.1 Å². The molecule has 1 aliphatic carbocycles. The van der Waals surface area contributed by atoms with Crippen LogP contribution in [0.2, 0.25) is 0 Å². The van der Waals surface area contributed by atoms with Crippen LogP contribution in [0.1, 0.15) is 30.1 Å². The standard InChI is InChI=1S/C15H19NO4/c1-10(15(18)19)8-16-14(17)12-4-6-13(7-5-12)20-9-11-2-3-11/h4-7,10-11H,2-3,8-9H2,1H3,(H,16,17)(H,18,19). The zero-order valence-electron chi connectivity index (χ0n) is 11.5. The van der Waals surface area contributed by atoms with Gasteiger partial charge >= 0.3 is 5.97 Å². The van der Waals surface area contributed by atoms with Crippen LogP contribution in [-0.2, 0) is 4.79 Å². The second kappa shape index (κ2) is 6.41. The fourth-order valence-corrected chi connectivity index (χ4v) is 1.64. The molecule has 1 fully saturated rings. The second-order valence-corrected chi connectivity index (χ2v) is 5.23. The van der Waals surface area contributed by atoms with Gasteiger partial charge < -0.3 is 15.2 Å². The number of hydrogen-bond acceptors (Lipinski definition) is 3. The lowest BCUT2D eigenvalue weighted by atomic mass is 10.1. The third-order valence-electron chi connectivity index (χ3n) is 3.29. The summed E-state index contributed by atoms with van der Waals surface area (Å²) in [4.78, 5) is 22.5. The number of benzene rings is 1. The molecule has 1 atom stereocenters. The van der Waals surface area contributed by atoms with E-state index >= 15 is 0 Å². The van der Waals surface area contributed by atoms with E-state index in [9.17, 15) is 9.59 Å². The van der Waals surface area contributed by atoms with E-state index in [1.807, 2.05) is 0 Å². The molecule has 0 heterocycles. The average molecular weight is 277 g/mol. The first kappa shape index (κ1) is 14.4. The summed E-state index contributed by atoms with van der Waals surface area (Å²) in [5.41, 5.74) is 0.501. The van der Waals surface area contributed by atoms with Crippen LogP contribution in [0, 0.1) is 11.8 Å². The molecular weight excluding hydrogens is 258 g/mol. The monoisotopic (exact) mass is 277 g/mol. The van der Waals surface area contributed by atoms with Gasteiger partial charge in [-0.2, -0.15) is 0 Å². The minimum atomic E-state index is -0.922. The molecule has 2 N–H and O–H groups in total. The van der Waals surface area contributed by atoms with Crippen molar-refractivity contribution in [3.05, 3.63) is 29.8 Å². The Hall–Kier alpha value is -2.04. The first-order valence-electron chi connectivity index (χ1n) is 6.80. The van der Waals surface area contributed by atoms with Gasteiger partial charge in [-0.05, 0) is 43.0 Å². The summed E-state index contributed by atoms with van der Waals surface area (Å²) < 4.78 is 5.58. The van der Waals surface area contributed by atoms with Gasteiger partial charge in [0.1, 0.15) is 5.75 Å². The maximum absolute atomic E-state index is 11.8. The van der Waals surface area contributed by atoms with Crippen LogP contribution < -0.4 is 10.1 Å². The van der Waals surface area contributed by atoms with E-state index in [1.54, 1.807) is 31.2 Å². The van der Waals surface area contributed by atoms with Crippen LogP contribution in [0.25, 0.3) is 0 Å². The van der Waals surface area contributed by atoms with Crippen LogP contribution in [0.3, 0.4) is 0 Å². The molecule has 2 rings (SSSR count). The molecule has 0 radical (unpaired) electrons. The lowest BCUT2D eigenvalue weighted by molar-refractivity contribution is -0.140. The van der Waals surface area contributed by atoms with Crippen LogP contribution in [0.15, 0.2) is 24.3 Å². The third-order valence-corrected chi connectivity index (χ3v) is 3.29. The Bertz CT molecular complexity index is 479. The number of aliphatic carboxylic acids is 1. The average Bonchev–Trinajstić information content (AvgIpc) is 3.26. The lowest BCUT2D eigenvalue weighted by Crippen LogP contribution is -2.31. The Balaban J connectivity index is 1.81. The van der Waals surface area contributed by atoms with E-state index < -0.39 is 11.9 Å². The number of rotatable bonds is 7. The Kier molecular flexibility index (Phi) is 4.61. The van der Waals surface area contributed by atoms with Gasteiger partial charge in [-0.15, -0.1) is 0 Å². The van der Waals surface area contributed by atoms with Gasteiger partial charge in [0.15, 0.2) is 0 Å². The third kappa shape index (κ3) is 4.26. The minimum absolute atomic E-state index is 0.119. The number of carboxylic acid groups (broad SMARTS) is 1. The van der Waals surface area contributed by atoms with Crippen LogP contribution >= 0.6 is 0 Å². The summed E-state index contributed by atoms with van der Waals surface area (Å²) in [6.07, 6.45) is 2.48. The topological polar surface area (TPSA) is 75.6 Å². The zero-order valence-corrected chi connectivity index (χ0v) is 11.5. The molecule has 0 spiro atoms. The van der Waals surface area contributed by atoms with E-state index in [0.717, 1.165) is 12.4 Å². The van der Waals surface area contributed by atoms with Crippen molar-refractivity contribution in [3.8, 4) is 5.75 Å². The van der Waals surface area contributed by atoms with E-state index in [-0.39, 0.29) is 12.5 Å². The number of carbonyl (C=O) groups is 2. The molecule has 1 aromatic carbocycles. The van der Waals surface area contributed by atoms with Gasteiger partial charge in [0.25, 0.3) is 5.91 Å². The molecule has 1 saturated carbocycles. The summed E-state index contributed by atoms with van der Waals surface area (Å²) in [5.74, 6) is -0.344. The zero-order chi connectivity index (χ0) is 14.5. The van der Waals surface area contributed by atoms with Gasteiger partial charge in [-0.25, -0.2) is 0 Å². The molecule has 0 saturated heterocycles. The van der Waals surface area contributed by atoms with Gasteiger partial charge in [0.05, 0.1) is 12.5 Å². The minimum Gasteiger partial charge on any atom is -0.493 e. The van der Waals surface area contributed by atoms with E-state index in [4.69, 9.17) is 9.84 Å². The summed E-state index contributed by atoms with van der Waals surface area (Å²) in [5, 5.41) is 11.3. The molecule has 20 heavy (non-hydrogen) atoms. The number of nitrogens with one attached hydrogen (secondary N) is 1. The lowest BCUT2D eigenvalue weighted by Gasteiger charge is -2.09. The summed E-state index contributed by atoms with van der Waals surface area (Å²) in [6.45, 7) is 2.41. The highest BCUT2D eigenvalue weighted by Gasteiger charge is 2.21. The van der Waals surface area contributed by atoms with Gasteiger partial charge in [0.2, 0.25) is 0 Å². The largest absolute Gasteiger partial charge is 0.493 e. The Morgan fingerprint density at radius 3 is 2.55 bits per heavy atom. The molecular formula is C15H19NO4. The first-order valence-corrected chi connectivity index (χ1v) is 6.80. The SMILES string of the molecule is CC(CNC(=O)c1ccc(OCC2CC2)cc1)C(=O)O. The molecule has 1 aliphatic rings. The van der Waals surface area contributed by atoms with Crippen molar-refractivity contribution in [2.75, 3.05) is 13.2 Å². The Morgan fingerprint density at radius 2 is 2.00 bits per heavy atom. The molecule has 1 aromatic rings. The predicted octanol–water partition coefficient (Wildman–Crippen LogP) is 1.93. The maximum Gasteiger partial charge on any atom is 0.308 e. The van der Waals surface area contributed by atoms with Crippen molar-refractivity contribution in [1.82, 2.24) is 5.32 Å². The van der Waals surface area contributed by atoms with Crippen molar-refractivity contribution in [1.29, 1.82) is 0 Å². The molecule has 1 amide bonds. The highest BCUT2D eigenvalue weighted by molar-refractivity contribution is 5.94. The van der Waals surface area contributed by atoms with E-state index in [2.05, 4.69) is 5.32 Å². The molecule has 108 valence electrons. The predicted molar refractivity (Wildman–Crippen MR) is 73.8 cm³/mol. The first-order chi connectivity index (χ1) is 9.56. The summed E-state index contributed by atoms with van der Waals surface area (Å²) in [6, 6.07) is 6.89. The van der Waals surface area contributed by atoms with Crippen LogP contribution in [0.4, 0.5) is 0 Å². The number of amides is 1. The van der Waals surface area contributed by atoms with Crippen molar-refractivity contribution >= 4 is 11.9 Å². The normalized spacial score (nSPS) is 15.4. The molecule has 5 nitrogen and oxygen atoms in total. The summed E-state index contributed by atoms with van der Waals surface area (Å²) in [7, 11) is 0. The number of hydrogen-bond donors (Lipinski definition) is 2. The number of carboxylic acids is 1. The second-order valence-electron chi connectivity index (χ2n) is 5.23. The van der Waals surface area contributed by atoms with Crippen LogP contribution in [0.5, 0.6) is 5.75 Å². The van der Waals surface area contributed by atoms with Crippen molar-refractivity contribution in [2.45, 2.75) is 19.8 Å². The van der Waals surface area contributed by atoms with Crippen molar-refractivity contribution in [2.24, 2.45) is 11.8 Å². The van der Waals surface area contributed by atoms with Gasteiger partial charge in [-0.3, -0.25) is 9.59 Å².